The van der Waals surface area contributed by atoms with Crippen molar-refractivity contribution >= 4 is 27.3 Å². The molecule has 0 atom stereocenters. The summed E-state index contributed by atoms with van der Waals surface area (Å²) in [6.45, 7) is 7.25. The third kappa shape index (κ3) is 4.35. The lowest BCUT2D eigenvalue weighted by Crippen LogP contribution is -2.15. The second kappa shape index (κ2) is 7.05. The van der Waals surface area contributed by atoms with Crippen molar-refractivity contribution < 1.29 is 13.2 Å². The highest BCUT2D eigenvalue weighted by Crippen LogP contribution is 2.24. The lowest BCUT2D eigenvalue weighted by molar-refractivity contribution is -0.114. The molecule has 6 heteroatoms. The van der Waals surface area contributed by atoms with Crippen LogP contribution in [0.15, 0.2) is 47.4 Å². The van der Waals surface area contributed by atoms with Gasteiger partial charge in [-0.15, -0.1) is 0 Å². The zero-order chi connectivity index (χ0) is 17.9. The van der Waals surface area contributed by atoms with Crippen LogP contribution in [0, 0.1) is 6.92 Å². The van der Waals surface area contributed by atoms with Gasteiger partial charge in [-0.05, 0) is 48.2 Å². The lowest BCUT2D eigenvalue weighted by Gasteiger charge is -2.13. The van der Waals surface area contributed by atoms with Crippen LogP contribution in [0.4, 0.5) is 11.4 Å². The van der Waals surface area contributed by atoms with Gasteiger partial charge in [0.25, 0.3) is 10.0 Å². The molecule has 2 N–H and O–H groups in total. The molecule has 128 valence electrons. The summed E-state index contributed by atoms with van der Waals surface area (Å²) in [6.07, 6.45) is 0. The standard InChI is InChI=1S/C18H22N2O3S/c1-12(2)15-6-9-16(10-7-15)20-24(22,23)18-11-17(19-14(4)21)8-5-13(18)3/h5-12,20H,1-4H3,(H,19,21). The van der Waals surface area contributed by atoms with Crippen LogP contribution in [-0.2, 0) is 14.8 Å². The van der Waals surface area contributed by atoms with Crippen LogP contribution < -0.4 is 10.0 Å². The molecule has 2 rings (SSSR count). The second-order valence-electron chi connectivity index (χ2n) is 6.04. The van der Waals surface area contributed by atoms with Crippen molar-refractivity contribution in [1.82, 2.24) is 0 Å². The van der Waals surface area contributed by atoms with Crippen LogP contribution in [0.25, 0.3) is 0 Å². The van der Waals surface area contributed by atoms with E-state index in [2.05, 4.69) is 23.9 Å². The van der Waals surface area contributed by atoms with Crippen molar-refractivity contribution in [2.75, 3.05) is 10.0 Å². The Morgan fingerprint density at radius 1 is 1.00 bits per heavy atom. The van der Waals surface area contributed by atoms with Crippen molar-refractivity contribution in [3.05, 3.63) is 53.6 Å². The molecule has 0 unspecified atom stereocenters. The smallest absolute Gasteiger partial charge is 0.262 e. The minimum absolute atomic E-state index is 0.140. The molecule has 0 saturated carbocycles. The highest BCUT2D eigenvalue weighted by atomic mass is 32.2. The van der Waals surface area contributed by atoms with E-state index in [9.17, 15) is 13.2 Å². The molecule has 2 aromatic carbocycles. The van der Waals surface area contributed by atoms with E-state index in [4.69, 9.17) is 0 Å². The van der Waals surface area contributed by atoms with E-state index < -0.39 is 10.0 Å². The molecule has 0 aromatic heterocycles. The van der Waals surface area contributed by atoms with Crippen molar-refractivity contribution in [3.8, 4) is 0 Å². The van der Waals surface area contributed by atoms with Gasteiger partial charge in [0.05, 0.1) is 4.90 Å². The molecule has 2 aromatic rings. The van der Waals surface area contributed by atoms with Gasteiger partial charge in [-0.3, -0.25) is 9.52 Å². The zero-order valence-corrected chi connectivity index (χ0v) is 15.1. The van der Waals surface area contributed by atoms with Crippen LogP contribution in [0.2, 0.25) is 0 Å². The highest BCUT2D eigenvalue weighted by molar-refractivity contribution is 7.92. The fourth-order valence-corrected chi connectivity index (χ4v) is 3.65. The fraction of sp³-hybridized carbons (Fsp3) is 0.278. The monoisotopic (exact) mass is 346 g/mol. The van der Waals surface area contributed by atoms with E-state index in [1.165, 1.54) is 13.0 Å². The normalized spacial score (nSPS) is 11.4. The van der Waals surface area contributed by atoms with Crippen LogP contribution >= 0.6 is 0 Å². The lowest BCUT2D eigenvalue weighted by atomic mass is 10.0. The molecule has 0 fully saturated rings. The van der Waals surface area contributed by atoms with Crippen molar-refractivity contribution in [1.29, 1.82) is 0 Å². The fourth-order valence-electron chi connectivity index (χ4n) is 2.32. The number of carbonyl (C=O) groups excluding carboxylic acids is 1. The number of anilines is 2. The van der Waals surface area contributed by atoms with Crippen LogP contribution in [0.1, 0.15) is 37.8 Å². The largest absolute Gasteiger partial charge is 0.326 e. The second-order valence-corrected chi connectivity index (χ2v) is 7.69. The van der Waals surface area contributed by atoms with E-state index in [-0.39, 0.29) is 10.8 Å². The van der Waals surface area contributed by atoms with E-state index in [1.54, 1.807) is 31.2 Å². The number of hydrogen-bond acceptors (Lipinski definition) is 3. The Balaban J connectivity index is 2.31. The van der Waals surface area contributed by atoms with Gasteiger partial charge in [0.2, 0.25) is 5.91 Å². The van der Waals surface area contributed by atoms with E-state index in [1.807, 2.05) is 12.1 Å². The van der Waals surface area contributed by atoms with Crippen molar-refractivity contribution in [3.63, 3.8) is 0 Å². The summed E-state index contributed by atoms with van der Waals surface area (Å²) in [7, 11) is -3.74. The number of rotatable bonds is 5. The average Bonchev–Trinajstić information content (AvgIpc) is 2.48. The first kappa shape index (κ1) is 18.0. The van der Waals surface area contributed by atoms with Crippen LogP contribution in [0.5, 0.6) is 0 Å². The number of carbonyl (C=O) groups is 1. The van der Waals surface area contributed by atoms with E-state index in [0.717, 1.165) is 5.56 Å². The maximum atomic E-state index is 12.7. The molecule has 0 saturated heterocycles. The highest BCUT2D eigenvalue weighted by Gasteiger charge is 2.18. The minimum atomic E-state index is -3.74. The topological polar surface area (TPSA) is 75.3 Å². The van der Waals surface area contributed by atoms with Gasteiger partial charge < -0.3 is 5.32 Å². The van der Waals surface area contributed by atoms with Crippen molar-refractivity contribution in [2.45, 2.75) is 38.5 Å². The van der Waals surface area contributed by atoms with Gasteiger partial charge in [-0.1, -0.05) is 32.0 Å². The van der Waals surface area contributed by atoms with Gasteiger partial charge in [-0.2, -0.15) is 0 Å². The first-order chi connectivity index (χ1) is 11.2. The molecular formula is C18H22N2O3S. The van der Waals surface area contributed by atoms with Crippen LogP contribution in [-0.4, -0.2) is 14.3 Å². The van der Waals surface area contributed by atoms with Gasteiger partial charge in [0.1, 0.15) is 0 Å². The molecule has 24 heavy (non-hydrogen) atoms. The number of benzene rings is 2. The third-order valence-electron chi connectivity index (χ3n) is 3.63. The first-order valence-electron chi connectivity index (χ1n) is 7.70. The quantitative estimate of drug-likeness (QED) is 0.863. The van der Waals surface area contributed by atoms with E-state index in [0.29, 0.717) is 22.9 Å². The molecule has 0 radical (unpaired) electrons. The summed E-state index contributed by atoms with van der Waals surface area (Å²) in [5.41, 5.74) is 2.70. The van der Waals surface area contributed by atoms with Gasteiger partial charge in [-0.25, -0.2) is 8.42 Å². The Kier molecular flexibility index (Phi) is 5.29. The molecular weight excluding hydrogens is 324 g/mol. The summed E-state index contributed by atoms with van der Waals surface area (Å²) < 4.78 is 27.9. The summed E-state index contributed by atoms with van der Waals surface area (Å²) >= 11 is 0. The zero-order valence-electron chi connectivity index (χ0n) is 14.3. The van der Waals surface area contributed by atoms with E-state index >= 15 is 0 Å². The molecule has 0 aliphatic carbocycles. The number of amides is 1. The summed E-state index contributed by atoms with van der Waals surface area (Å²) in [5, 5.41) is 2.60. The van der Waals surface area contributed by atoms with Gasteiger partial charge in [0.15, 0.2) is 0 Å². The van der Waals surface area contributed by atoms with Gasteiger partial charge >= 0.3 is 0 Å². The SMILES string of the molecule is CC(=O)Nc1ccc(C)c(S(=O)(=O)Nc2ccc(C(C)C)cc2)c1. The average molecular weight is 346 g/mol. The van der Waals surface area contributed by atoms with Crippen molar-refractivity contribution in [2.24, 2.45) is 0 Å². The van der Waals surface area contributed by atoms with Crippen LogP contribution in [0.3, 0.4) is 0 Å². The maximum absolute atomic E-state index is 12.7. The summed E-state index contributed by atoms with van der Waals surface area (Å²) in [5.74, 6) is 0.131. The predicted octanol–water partition coefficient (Wildman–Crippen LogP) is 3.88. The molecule has 5 nitrogen and oxygen atoms in total. The Bertz CT molecular complexity index is 841. The summed E-state index contributed by atoms with van der Waals surface area (Å²) in [6, 6.07) is 12.1. The van der Waals surface area contributed by atoms with Gasteiger partial charge in [0, 0.05) is 18.3 Å². The first-order valence-corrected chi connectivity index (χ1v) is 9.18. The molecule has 0 heterocycles. The minimum Gasteiger partial charge on any atom is -0.326 e. The molecule has 0 bridgehead atoms. The molecule has 1 amide bonds. The molecule has 0 aliphatic heterocycles. The molecule has 0 spiro atoms. The molecule has 0 aliphatic rings. The Labute approximate surface area is 143 Å². The third-order valence-corrected chi connectivity index (χ3v) is 5.15. The predicted molar refractivity (Wildman–Crippen MR) is 96.8 cm³/mol. The Morgan fingerprint density at radius 2 is 1.58 bits per heavy atom. The number of sulfonamides is 1. The Hall–Kier alpha value is -2.34. The summed E-state index contributed by atoms with van der Waals surface area (Å²) in [4.78, 5) is 11.3. The number of hydrogen-bond donors (Lipinski definition) is 2. The maximum Gasteiger partial charge on any atom is 0.262 e. The number of nitrogens with one attached hydrogen (secondary N) is 2. The Morgan fingerprint density at radius 3 is 2.12 bits per heavy atom. The number of aryl methyl sites for hydroxylation is 1.